The number of ether oxygens (including phenoxy) is 3. The summed E-state index contributed by atoms with van der Waals surface area (Å²) in [6.07, 6.45) is 71.2. The molecule has 0 aliphatic rings. The molecule has 0 saturated carbocycles. The van der Waals surface area contributed by atoms with Crippen LogP contribution in [0.15, 0.2) is 97.2 Å². The molecule has 0 saturated heterocycles. The van der Waals surface area contributed by atoms with E-state index in [1.54, 1.807) is 0 Å². The first-order valence-electron chi connectivity index (χ1n) is 27.2. The van der Waals surface area contributed by atoms with Crippen LogP contribution in [0.4, 0.5) is 0 Å². The van der Waals surface area contributed by atoms with Crippen LogP contribution in [0.1, 0.15) is 245 Å². The summed E-state index contributed by atoms with van der Waals surface area (Å²) < 4.78 is 16.7. The Morgan fingerprint density at radius 2 is 0.621 bits per heavy atom. The number of carbonyl (C=O) groups is 3. The molecular formula is C60H100O6. The van der Waals surface area contributed by atoms with Crippen LogP contribution in [0.5, 0.6) is 0 Å². The van der Waals surface area contributed by atoms with Gasteiger partial charge < -0.3 is 14.2 Å². The zero-order chi connectivity index (χ0) is 47.9. The Morgan fingerprint density at radius 3 is 1.02 bits per heavy atom. The maximum atomic E-state index is 12.8. The molecule has 6 heteroatoms. The average molecular weight is 917 g/mol. The summed E-state index contributed by atoms with van der Waals surface area (Å²) in [5, 5.41) is 0. The highest BCUT2D eigenvalue weighted by atomic mass is 16.6. The van der Waals surface area contributed by atoms with Crippen molar-refractivity contribution in [2.24, 2.45) is 0 Å². The van der Waals surface area contributed by atoms with Crippen LogP contribution in [0.25, 0.3) is 0 Å². The van der Waals surface area contributed by atoms with Gasteiger partial charge in [-0.15, -0.1) is 0 Å². The van der Waals surface area contributed by atoms with Crippen LogP contribution in [0, 0.1) is 0 Å². The summed E-state index contributed by atoms with van der Waals surface area (Å²) in [4.78, 5) is 38.0. The van der Waals surface area contributed by atoms with Crippen LogP contribution in [0.3, 0.4) is 0 Å². The van der Waals surface area contributed by atoms with Gasteiger partial charge in [0.05, 0.1) is 0 Å². The van der Waals surface area contributed by atoms with Gasteiger partial charge in [0.1, 0.15) is 13.2 Å². The second kappa shape index (κ2) is 53.9. The lowest BCUT2D eigenvalue weighted by Gasteiger charge is -2.18. The molecule has 0 aromatic rings. The molecule has 0 aliphatic carbocycles. The minimum absolute atomic E-state index is 0.107. The second-order valence-electron chi connectivity index (χ2n) is 17.7. The smallest absolute Gasteiger partial charge is 0.306 e. The molecule has 0 N–H and O–H groups in total. The third-order valence-electron chi connectivity index (χ3n) is 11.3. The van der Waals surface area contributed by atoms with Crippen molar-refractivity contribution in [3.8, 4) is 0 Å². The highest BCUT2D eigenvalue weighted by molar-refractivity contribution is 5.71. The number of unbranched alkanes of at least 4 members (excludes halogenated alkanes) is 21. The van der Waals surface area contributed by atoms with Crippen molar-refractivity contribution in [2.45, 2.75) is 252 Å². The van der Waals surface area contributed by atoms with Crippen LogP contribution in [-0.2, 0) is 28.6 Å². The van der Waals surface area contributed by atoms with Gasteiger partial charge in [-0.3, -0.25) is 14.4 Å². The fourth-order valence-electron chi connectivity index (χ4n) is 7.33. The molecule has 0 aromatic carbocycles. The number of allylic oxidation sites excluding steroid dienone is 16. The van der Waals surface area contributed by atoms with Gasteiger partial charge in [0.15, 0.2) is 6.10 Å². The van der Waals surface area contributed by atoms with E-state index in [1.165, 1.54) is 89.9 Å². The lowest BCUT2D eigenvalue weighted by Crippen LogP contribution is -2.30. The molecule has 0 aromatic heterocycles. The van der Waals surface area contributed by atoms with Crippen molar-refractivity contribution in [3.05, 3.63) is 97.2 Å². The molecule has 66 heavy (non-hydrogen) atoms. The number of hydrogen-bond donors (Lipinski definition) is 0. The Hall–Kier alpha value is -3.67. The van der Waals surface area contributed by atoms with E-state index in [1.807, 2.05) is 6.08 Å². The molecule has 0 rings (SSSR count). The van der Waals surface area contributed by atoms with E-state index in [9.17, 15) is 14.4 Å². The third kappa shape index (κ3) is 51.3. The molecule has 0 amide bonds. The summed E-state index contributed by atoms with van der Waals surface area (Å²) >= 11 is 0. The standard InChI is InChI=1S/C60H100O6/c1-4-7-10-13-16-19-22-25-27-29-30-32-33-35-38-41-44-47-50-53-59(62)65-56-57(55-64-58(61)52-49-46-43-40-37-24-21-18-15-12-9-6-3)66-60(63)54-51-48-45-42-39-36-34-31-28-26-23-20-17-14-11-8-5-2/h7,9-10,12,16,18-19,21,25,27,30,32,35,38,44,47,57H,4-6,8,11,13-15,17,20,22-24,26,28-29,31,33-34,36-37,39-43,45-46,48-56H2,1-3H3/b10-7-,12-9-,19-16-,21-18-,27-25-,32-30-,38-35-,47-44-. The van der Waals surface area contributed by atoms with Crippen molar-refractivity contribution >= 4 is 17.9 Å². The minimum atomic E-state index is -0.812. The zero-order valence-corrected chi connectivity index (χ0v) is 42.9. The van der Waals surface area contributed by atoms with E-state index < -0.39 is 6.10 Å². The van der Waals surface area contributed by atoms with Gasteiger partial charge in [0.25, 0.3) is 0 Å². The molecule has 0 bridgehead atoms. The highest BCUT2D eigenvalue weighted by Gasteiger charge is 2.19. The summed E-state index contributed by atoms with van der Waals surface area (Å²) in [5.74, 6) is -1.01. The molecule has 0 radical (unpaired) electrons. The van der Waals surface area contributed by atoms with Gasteiger partial charge in [-0.25, -0.2) is 0 Å². The van der Waals surface area contributed by atoms with Gasteiger partial charge in [-0.1, -0.05) is 240 Å². The van der Waals surface area contributed by atoms with E-state index in [4.69, 9.17) is 14.2 Å². The van der Waals surface area contributed by atoms with Crippen LogP contribution < -0.4 is 0 Å². The molecule has 0 spiro atoms. The minimum Gasteiger partial charge on any atom is -0.462 e. The molecule has 1 unspecified atom stereocenters. The molecule has 376 valence electrons. The topological polar surface area (TPSA) is 78.9 Å². The summed E-state index contributed by atoms with van der Waals surface area (Å²) in [6, 6.07) is 0. The van der Waals surface area contributed by atoms with Crippen LogP contribution >= 0.6 is 0 Å². The SMILES string of the molecule is CC/C=C\C/C=C\C/C=C\C/C=C\C/C=C\C/C=C\CCC(=O)OCC(COC(=O)CCCCCCC/C=C\C/C=C\CC)OC(=O)CCCCCCCCCCCCCCCCCCC. The fourth-order valence-corrected chi connectivity index (χ4v) is 7.33. The zero-order valence-electron chi connectivity index (χ0n) is 42.9. The first-order valence-corrected chi connectivity index (χ1v) is 27.2. The van der Waals surface area contributed by atoms with E-state index >= 15 is 0 Å². The predicted octanol–water partition coefficient (Wildman–Crippen LogP) is 18.1. The molecule has 0 aliphatic heterocycles. The predicted molar refractivity (Wildman–Crippen MR) is 284 cm³/mol. The number of hydrogen-bond acceptors (Lipinski definition) is 6. The normalized spacial score (nSPS) is 12.8. The van der Waals surface area contributed by atoms with E-state index in [2.05, 4.69) is 112 Å². The lowest BCUT2D eigenvalue weighted by molar-refractivity contribution is -0.166. The first-order chi connectivity index (χ1) is 32.5. The van der Waals surface area contributed by atoms with E-state index in [0.29, 0.717) is 19.3 Å². The van der Waals surface area contributed by atoms with Gasteiger partial charge in [-0.05, 0) is 83.5 Å². The number of carbonyl (C=O) groups excluding carboxylic acids is 3. The van der Waals surface area contributed by atoms with Crippen LogP contribution in [-0.4, -0.2) is 37.2 Å². The van der Waals surface area contributed by atoms with Crippen molar-refractivity contribution < 1.29 is 28.6 Å². The van der Waals surface area contributed by atoms with E-state index in [-0.39, 0.29) is 37.5 Å². The van der Waals surface area contributed by atoms with Crippen molar-refractivity contribution in [1.82, 2.24) is 0 Å². The molecule has 0 fully saturated rings. The average Bonchev–Trinajstić information content (AvgIpc) is 3.31. The molecule has 0 heterocycles. The van der Waals surface area contributed by atoms with Gasteiger partial charge in [0, 0.05) is 19.3 Å². The summed E-state index contributed by atoms with van der Waals surface area (Å²) in [7, 11) is 0. The van der Waals surface area contributed by atoms with Crippen molar-refractivity contribution in [2.75, 3.05) is 13.2 Å². The molecular weight excluding hydrogens is 817 g/mol. The Bertz CT molecular complexity index is 1330. The summed E-state index contributed by atoms with van der Waals surface area (Å²) in [5.41, 5.74) is 0. The number of rotatable bonds is 48. The van der Waals surface area contributed by atoms with Gasteiger partial charge in [-0.2, -0.15) is 0 Å². The maximum absolute atomic E-state index is 12.8. The molecule has 1 atom stereocenters. The molecule has 6 nitrogen and oxygen atoms in total. The van der Waals surface area contributed by atoms with Crippen LogP contribution in [0.2, 0.25) is 0 Å². The maximum Gasteiger partial charge on any atom is 0.306 e. The monoisotopic (exact) mass is 917 g/mol. The van der Waals surface area contributed by atoms with Gasteiger partial charge in [0.2, 0.25) is 0 Å². The van der Waals surface area contributed by atoms with Crippen molar-refractivity contribution in [1.29, 1.82) is 0 Å². The second-order valence-corrected chi connectivity index (χ2v) is 17.7. The quantitative estimate of drug-likeness (QED) is 0.0262. The summed E-state index contributed by atoms with van der Waals surface area (Å²) in [6.45, 7) is 6.34. The Kier molecular flexibility index (Phi) is 50.9. The van der Waals surface area contributed by atoms with Crippen molar-refractivity contribution in [3.63, 3.8) is 0 Å². The third-order valence-corrected chi connectivity index (χ3v) is 11.3. The highest BCUT2D eigenvalue weighted by Crippen LogP contribution is 2.15. The first kappa shape index (κ1) is 62.3. The largest absolute Gasteiger partial charge is 0.462 e. The number of esters is 3. The Labute approximate surface area is 407 Å². The Balaban J connectivity index is 4.48. The van der Waals surface area contributed by atoms with Gasteiger partial charge >= 0.3 is 17.9 Å². The van der Waals surface area contributed by atoms with E-state index in [0.717, 1.165) is 109 Å². The fraction of sp³-hybridized carbons (Fsp3) is 0.683. The Morgan fingerprint density at radius 1 is 0.318 bits per heavy atom. The lowest BCUT2D eigenvalue weighted by atomic mass is 10.0.